The van der Waals surface area contributed by atoms with E-state index in [4.69, 9.17) is 21.1 Å². The third-order valence-corrected chi connectivity index (χ3v) is 7.38. The number of hydrogen-bond acceptors (Lipinski definition) is 5. The van der Waals surface area contributed by atoms with Crippen molar-refractivity contribution in [1.29, 1.82) is 0 Å². The van der Waals surface area contributed by atoms with Gasteiger partial charge in [0.05, 0.1) is 30.3 Å². The van der Waals surface area contributed by atoms with Gasteiger partial charge in [0.1, 0.15) is 5.75 Å². The van der Waals surface area contributed by atoms with Gasteiger partial charge in [0.25, 0.3) is 15.9 Å². The van der Waals surface area contributed by atoms with Crippen LogP contribution in [0.25, 0.3) is 0 Å². The zero-order valence-corrected chi connectivity index (χ0v) is 20.2. The van der Waals surface area contributed by atoms with Gasteiger partial charge in [0, 0.05) is 11.6 Å². The number of rotatable bonds is 8. The molecule has 1 aliphatic heterocycles. The molecule has 0 aliphatic carbocycles. The van der Waals surface area contributed by atoms with Gasteiger partial charge in [-0.3, -0.25) is 9.10 Å². The van der Waals surface area contributed by atoms with Crippen LogP contribution in [0.4, 0.5) is 5.69 Å². The minimum absolute atomic E-state index is 0.124. The number of nitrogens with zero attached hydrogens (tertiary/aromatic N) is 1. The Balaban J connectivity index is 1.45. The lowest BCUT2D eigenvalue weighted by Crippen LogP contribution is -2.51. The fourth-order valence-corrected chi connectivity index (χ4v) is 5.18. The van der Waals surface area contributed by atoms with Crippen molar-refractivity contribution in [3.05, 3.63) is 88.9 Å². The SMILES string of the molecule is Cc1ccc(S(=O)(=O)N2C[C@H](C(=O)NCCOCc3ccccc3)Oc3ccc(Cl)cc32)cc1. The Labute approximate surface area is 204 Å². The van der Waals surface area contributed by atoms with E-state index in [0.717, 1.165) is 11.1 Å². The van der Waals surface area contributed by atoms with Gasteiger partial charge < -0.3 is 14.8 Å². The standard InChI is InChI=1S/C25H25ClN2O5S/c1-18-7-10-21(11-8-18)34(30,31)28-16-24(33-23-12-9-20(26)15-22(23)28)25(29)27-13-14-32-17-19-5-3-2-4-6-19/h2-12,15,24H,13-14,16-17H2,1H3,(H,27,29)/t24-/m1/s1. The molecule has 9 heteroatoms. The van der Waals surface area contributed by atoms with Crippen LogP contribution in [-0.2, 0) is 26.2 Å². The topological polar surface area (TPSA) is 84.9 Å². The van der Waals surface area contributed by atoms with E-state index in [9.17, 15) is 13.2 Å². The van der Waals surface area contributed by atoms with Crippen LogP contribution < -0.4 is 14.4 Å². The minimum Gasteiger partial charge on any atom is -0.476 e. The lowest BCUT2D eigenvalue weighted by atomic mass is 10.2. The molecule has 1 heterocycles. The molecule has 1 atom stereocenters. The lowest BCUT2D eigenvalue weighted by Gasteiger charge is -2.34. The fraction of sp³-hybridized carbons (Fsp3) is 0.240. The first-order valence-electron chi connectivity index (χ1n) is 10.8. The number of anilines is 1. The lowest BCUT2D eigenvalue weighted by molar-refractivity contribution is -0.128. The van der Waals surface area contributed by atoms with Crippen LogP contribution in [0.3, 0.4) is 0 Å². The van der Waals surface area contributed by atoms with Crippen molar-refractivity contribution in [3.63, 3.8) is 0 Å². The van der Waals surface area contributed by atoms with Crippen LogP contribution in [0.5, 0.6) is 5.75 Å². The van der Waals surface area contributed by atoms with E-state index >= 15 is 0 Å². The zero-order valence-electron chi connectivity index (χ0n) is 18.6. The van der Waals surface area contributed by atoms with Crippen molar-refractivity contribution in [2.24, 2.45) is 0 Å². The monoisotopic (exact) mass is 500 g/mol. The number of amides is 1. The smallest absolute Gasteiger partial charge is 0.264 e. The molecular weight excluding hydrogens is 476 g/mol. The Bertz CT molecular complexity index is 1250. The largest absolute Gasteiger partial charge is 0.476 e. The highest BCUT2D eigenvalue weighted by atomic mass is 35.5. The molecule has 3 aromatic rings. The summed E-state index contributed by atoms with van der Waals surface area (Å²) in [5.41, 5.74) is 2.27. The Hall–Kier alpha value is -3.07. The molecule has 1 N–H and O–H groups in total. The number of nitrogens with one attached hydrogen (secondary N) is 1. The van der Waals surface area contributed by atoms with E-state index in [1.165, 1.54) is 10.4 Å². The molecule has 4 rings (SSSR count). The van der Waals surface area contributed by atoms with Crippen LogP contribution in [0.2, 0.25) is 5.02 Å². The van der Waals surface area contributed by atoms with Crippen LogP contribution >= 0.6 is 11.6 Å². The molecule has 0 fully saturated rings. The molecule has 0 bridgehead atoms. The highest BCUT2D eigenvalue weighted by molar-refractivity contribution is 7.92. The molecule has 0 saturated carbocycles. The number of halogens is 1. The number of sulfonamides is 1. The van der Waals surface area contributed by atoms with Crippen molar-refractivity contribution in [2.75, 3.05) is 24.0 Å². The Morgan fingerprint density at radius 2 is 1.85 bits per heavy atom. The normalized spacial score (nSPS) is 15.4. The van der Waals surface area contributed by atoms with Crippen LogP contribution in [0, 0.1) is 6.92 Å². The average Bonchev–Trinajstić information content (AvgIpc) is 2.84. The predicted molar refractivity (Wildman–Crippen MR) is 131 cm³/mol. The van der Waals surface area contributed by atoms with Gasteiger partial charge in [0.15, 0.2) is 6.10 Å². The second-order valence-corrected chi connectivity index (χ2v) is 10.2. The molecular formula is C25H25ClN2O5S. The highest BCUT2D eigenvalue weighted by Gasteiger charge is 2.37. The Morgan fingerprint density at radius 1 is 1.12 bits per heavy atom. The van der Waals surface area contributed by atoms with E-state index in [-0.39, 0.29) is 23.7 Å². The first kappa shape index (κ1) is 24.1. The molecule has 7 nitrogen and oxygen atoms in total. The molecule has 0 radical (unpaired) electrons. The number of ether oxygens (including phenoxy) is 2. The van der Waals surface area contributed by atoms with E-state index in [1.807, 2.05) is 37.3 Å². The molecule has 0 spiro atoms. The van der Waals surface area contributed by atoms with Gasteiger partial charge in [-0.2, -0.15) is 0 Å². The average molecular weight is 501 g/mol. The number of carbonyl (C=O) groups is 1. The fourth-order valence-electron chi connectivity index (χ4n) is 3.55. The van der Waals surface area contributed by atoms with Crippen molar-refractivity contribution in [1.82, 2.24) is 5.32 Å². The molecule has 0 aromatic heterocycles. The van der Waals surface area contributed by atoms with Crippen LogP contribution in [0.15, 0.2) is 77.7 Å². The number of fused-ring (bicyclic) bond motifs is 1. The molecule has 1 aliphatic rings. The second kappa shape index (κ2) is 10.5. The maximum absolute atomic E-state index is 13.5. The van der Waals surface area contributed by atoms with Crippen LogP contribution in [0.1, 0.15) is 11.1 Å². The van der Waals surface area contributed by atoms with E-state index in [1.54, 1.807) is 36.4 Å². The summed E-state index contributed by atoms with van der Waals surface area (Å²) < 4.78 is 39.5. The molecule has 0 unspecified atom stereocenters. The van der Waals surface area contributed by atoms with E-state index in [0.29, 0.717) is 23.9 Å². The summed E-state index contributed by atoms with van der Waals surface area (Å²) in [6.07, 6.45) is -1.02. The van der Waals surface area contributed by atoms with Gasteiger partial charge in [0.2, 0.25) is 0 Å². The maximum atomic E-state index is 13.5. The number of hydrogen-bond donors (Lipinski definition) is 1. The first-order valence-corrected chi connectivity index (χ1v) is 12.6. The third-order valence-electron chi connectivity index (χ3n) is 5.35. The zero-order chi connectivity index (χ0) is 24.1. The van der Waals surface area contributed by atoms with Gasteiger partial charge in [-0.05, 0) is 42.8 Å². The van der Waals surface area contributed by atoms with Crippen molar-refractivity contribution >= 4 is 33.2 Å². The second-order valence-electron chi connectivity index (χ2n) is 7.90. The summed E-state index contributed by atoms with van der Waals surface area (Å²) in [6.45, 7) is 2.71. The van der Waals surface area contributed by atoms with Gasteiger partial charge in [-0.25, -0.2) is 8.42 Å². The molecule has 0 saturated heterocycles. The van der Waals surface area contributed by atoms with Gasteiger partial charge in [-0.1, -0.05) is 59.6 Å². The summed E-state index contributed by atoms with van der Waals surface area (Å²) >= 11 is 6.13. The predicted octanol–water partition coefficient (Wildman–Crippen LogP) is 3.94. The quantitative estimate of drug-likeness (QED) is 0.474. The van der Waals surface area contributed by atoms with Crippen molar-refractivity contribution < 1.29 is 22.7 Å². The summed E-state index contributed by atoms with van der Waals surface area (Å²) in [5.74, 6) is -0.153. The summed E-state index contributed by atoms with van der Waals surface area (Å²) in [7, 11) is -3.95. The number of benzene rings is 3. The Kier molecular flexibility index (Phi) is 7.41. The van der Waals surface area contributed by atoms with E-state index in [2.05, 4.69) is 5.32 Å². The number of carbonyl (C=O) groups excluding carboxylic acids is 1. The maximum Gasteiger partial charge on any atom is 0.264 e. The van der Waals surface area contributed by atoms with Gasteiger partial charge in [-0.15, -0.1) is 0 Å². The van der Waals surface area contributed by atoms with E-state index < -0.39 is 22.0 Å². The summed E-state index contributed by atoms with van der Waals surface area (Å²) in [4.78, 5) is 12.9. The van der Waals surface area contributed by atoms with Gasteiger partial charge >= 0.3 is 0 Å². The summed E-state index contributed by atoms with van der Waals surface area (Å²) in [5, 5.41) is 3.13. The number of aryl methyl sites for hydroxylation is 1. The Morgan fingerprint density at radius 3 is 2.59 bits per heavy atom. The molecule has 3 aromatic carbocycles. The van der Waals surface area contributed by atoms with Crippen molar-refractivity contribution in [2.45, 2.75) is 24.5 Å². The molecule has 34 heavy (non-hydrogen) atoms. The molecule has 178 valence electrons. The van der Waals surface area contributed by atoms with Crippen molar-refractivity contribution in [3.8, 4) is 5.75 Å². The third kappa shape index (κ3) is 5.52. The molecule has 1 amide bonds. The van der Waals surface area contributed by atoms with Crippen LogP contribution in [-0.4, -0.2) is 40.1 Å². The highest BCUT2D eigenvalue weighted by Crippen LogP contribution is 2.38. The minimum atomic E-state index is -3.95. The first-order chi connectivity index (χ1) is 16.3. The summed E-state index contributed by atoms with van der Waals surface area (Å²) in [6, 6.07) is 20.9.